The molecule has 2 N–H and O–H groups in total. The van der Waals surface area contributed by atoms with E-state index in [1.807, 2.05) is 31.2 Å². The molecule has 22 heavy (non-hydrogen) atoms. The summed E-state index contributed by atoms with van der Waals surface area (Å²) in [6.07, 6.45) is 3.52. The van der Waals surface area contributed by atoms with Crippen LogP contribution in [0.3, 0.4) is 0 Å². The monoisotopic (exact) mass is 321 g/mol. The predicted octanol–water partition coefficient (Wildman–Crippen LogP) is 3.25. The van der Waals surface area contributed by atoms with E-state index < -0.39 is 0 Å². The molecule has 0 bridgehead atoms. The molecule has 1 aliphatic heterocycles. The van der Waals surface area contributed by atoms with E-state index >= 15 is 0 Å². The quantitative estimate of drug-likeness (QED) is 0.787. The van der Waals surface area contributed by atoms with Crippen LogP contribution in [0.15, 0.2) is 24.3 Å². The molecule has 1 fully saturated rings. The molecule has 1 aromatic carbocycles. The highest BCUT2D eigenvalue weighted by molar-refractivity contribution is 7.80. The highest BCUT2D eigenvalue weighted by Crippen LogP contribution is 2.23. The number of nitrogens with one attached hydrogen (secondary N) is 2. The van der Waals surface area contributed by atoms with E-state index in [1.165, 1.54) is 13.0 Å². The zero-order chi connectivity index (χ0) is 15.8. The van der Waals surface area contributed by atoms with Gasteiger partial charge in [0, 0.05) is 19.1 Å². The number of rotatable bonds is 6. The fourth-order valence-electron chi connectivity index (χ4n) is 2.81. The summed E-state index contributed by atoms with van der Waals surface area (Å²) in [4.78, 5) is 2.53. The molecule has 1 aliphatic rings. The molecular formula is C17H27N3OS. The number of thiocarbonyl (C=S) groups is 1. The first-order chi connectivity index (χ1) is 10.7. The fraction of sp³-hybridized carbons (Fsp3) is 0.588. The first-order valence-electron chi connectivity index (χ1n) is 8.24. The van der Waals surface area contributed by atoms with Gasteiger partial charge in [-0.3, -0.25) is 0 Å². The van der Waals surface area contributed by atoms with Crippen LogP contribution in [0, 0.1) is 0 Å². The Morgan fingerprint density at radius 1 is 1.27 bits per heavy atom. The van der Waals surface area contributed by atoms with Crippen molar-refractivity contribution in [3.8, 4) is 5.75 Å². The number of hydrogen-bond acceptors (Lipinski definition) is 3. The van der Waals surface area contributed by atoms with Crippen LogP contribution >= 0.6 is 12.2 Å². The molecule has 5 heteroatoms. The fourth-order valence-corrected chi connectivity index (χ4v) is 3.09. The van der Waals surface area contributed by atoms with Gasteiger partial charge in [0.15, 0.2) is 5.11 Å². The van der Waals surface area contributed by atoms with Gasteiger partial charge in [-0.05, 0) is 57.1 Å². The van der Waals surface area contributed by atoms with Crippen molar-refractivity contribution >= 4 is 23.0 Å². The third-order valence-electron chi connectivity index (χ3n) is 3.90. The lowest BCUT2D eigenvalue weighted by atomic mass is 10.1. The Bertz CT molecular complexity index is 473. The van der Waals surface area contributed by atoms with Crippen molar-refractivity contribution in [2.75, 3.05) is 31.6 Å². The summed E-state index contributed by atoms with van der Waals surface area (Å²) in [7, 11) is 0. The molecule has 1 heterocycles. The number of ether oxygens (including phenoxy) is 1. The normalized spacial score (nSPS) is 16.3. The van der Waals surface area contributed by atoms with Gasteiger partial charge in [0.1, 0.15) is 5.75 Å². The smallest absolute Gasteiger partial charge is 0.171 e. The maximum Gasteiger partial charge on any atom is 0.171 e. The minimum absolute atomic E-state index is 0.465. The lowest BCUT2D eigenvalue weighted by Crippen LogP contribution is -2.46. The Labute approximate surface area is 139 Å². The molecule has 0 aromatic heterocycles. The number of hydrogen-bond donors (Lipinski definition) is 2. The van der Waals surface area contributed by atoms with Crippen molar-refractivity contribution in [3.05, 3.63) is 24.3 Å². The molecule has 1 saturated heterocycles. The van der Waals surface area contributed by atoms with Gasteiger partial charge in [-0.15, -0.1) is 0 Å². The standard InChI is InChI=1S/C17H27N3OS/c1-3-11-20-12-9-14(10-13-20)18-17(22)19-15-7-5-6-8-16(15)21-4-2/h5-8,14H,3-4,9-13H2,1-2H3,(H2,18,19,22). The largest absolute Gasteiger partial charge is 0.492 e. The molecule has 0 spiro atoms. The molecule has 0 amide bonds. The predicted molar refractivity (Wildman–Crippen MR) is 96.7 cm³/mol. The summed E-state index contributed by atoms with van der Waals surface area (Å²) < 4.78 is 5.61. The van der Waals surface area contributed by atoms with Crippen molar-refractivity contribution in [2.45, 2.75) is 39.2 Å². The van der Waals surface area contributed by atoms with E-state index in [2.05, 4.69) is 22.5 Å². The summed E-state index contributed by atoms with van der Waals surface area (Å²) >= 11 is 5.45. The van der Waals surface area contributed by atoms with E-state index in [4.69, 9.17) is 17.0 Å². The van der Waals surface area contributed by atoms with E-state index in [0.29, 0.717) is 17.8 Å². The van der Waals surface area contributed by atoms with E-state index in [9.17, 15) is 0 Å². The Morgan fingerprint density at radius 2 is 2.00 bits per heavy atom. The average Bonchev–Trinajstić information content (AvgIpc) is 2.52. The van der Waals surface area contributed by atoms with E-state index in [0.717, 1.165) is 37.4 Å². The van der Waals surface area contributed by atoms with Gasteiger partial charge in [-0.1, -0.05) is 19.1 Å². The van der Waals surface area contributed by atoms with Crippen LogP contribution in [-0.4, -0.2) is 42.3 Å². The van der Waals surface area contributed by atoms with Crippen molar-refractivity contribution in [1.29, 1.82) is 0 Å². The van der Waals surface area contributed by atoms with Crippen molar-refractivity contribution in [3.63, 3.8) is 0 Å². The van der Waals surface area contributed by atoms with Crippen LogP contribution < -0.4 is 15.4 Å². The van der Waals surface area contributed by atoms with Crippen LogP contribution in [-0.2, 0) is 0 Å². The number of benzene rings is 1. The number of likely N-dealkylation sites (tertiary alicyclic amines) is 1. The summed E-state index contributed by atoms with van der Waals surface area (Å²) in [5.41, 5.74) is 0.922. The lowest BCUT2D eigenvalue weighted by molar-refractivity contribution is 0.207. The van der Waals surface area contributed by atoms with Crippen LogP contribution in [0.2, 0.25) is 0 Å². The Hall–Kier alpha value is -1.33. The molecule has 0 unspecified atom stereocenters. The Balaban J connectivity index is 1.81. The van der Waals surface area contributed by atoms with Crippen molar-refractivity contribution in [2.24, 2.45) is 0 Å². The van der Waals surface area contributed by atoms with E-state index in [-0.39, 0.29) is 0 Å². The van der Waals surface area contributed by atoms with Gasteiger partial charge in [0.2, 0.25) is 0 Å². The zero-order valence-electron chi connectivity index (χ0n) is 13.6. The minimum Gasteiger partial charge on any atom is -0.492 e. The third kappa shape index (κ3) is 5.14. The molecule has 0 atom stereocenters. The zero-order valence-corrected chi connectivity index (χ0v) is 14.4. The highest BCUT2D eigenvalue weighted by atomic mass is 32.1. The Morgan fingerprint density at radius 3 is 2.68 bits per heavy atom. The van der Waals surface area contributed by atoms with Crippen molar-refractivity contribution in [1.82, 2.24) is 10.2 Å². The van der Waals surface area contributed by atoms with Gasteiger partial charge in [-0.25, -0.2) is 0 Å². The highest BCUT2D eigenvalue weighted by Gasteiger charge is 2.19. The summed E-state index contributed by atoms with van der Waals surface area (Å²) in [6, 6.07) is 8.36. The number of nitrogens with zero attached hydrogens (tertiary/aromatic N) is 1. The lowest BCUT2D eigenvalue weighted by Gasteiger charge is -2.32. The van der Waals surface area contributed by atoms with Gasteiger partial charge >= 0.3 is 0 Å². The van der Waals surface area contributed by atoms with Gasteiger partial charge in [0.25, 0.3) is 0 Å². The second-order valence-corrected chi connectivity index (χ2v) is 6.05. The SMILES string of the molecule is CCCN1CCC(NC(=S)Nc2ccccc2OCC)CC1. The maximum absolute atomic E-state index is 5.61. The summed E-state index contributed by atoms with van der Waals surface area (Å²) in [6.45, 7) is 8.38. The van der Waals surface area contributed by atoms with E-state index in [1.54, 1.807) is 0 Å². The molecule has 1 aromatic rings. The third-order valence-corrected chi connectivity index (χ3v) is 4.12. The van der Waals surface area contributed by atoms with Crippen LogP contribution in [0.5, 0.6) is 5.75 Å². The Kier molecular flexibility index (Phi) is 6.93. The second-order valence-electron chi connectivity index (χ2n) is 5.64. The first kappa shape index (κ1) is 17.0. The van der Waals surface area contributed by atoms with Crippen LogP contribution in [0.25, 0.3) is 0 Å². The molecule has 0 radical (unpaired) electrons. The molecule has 2 rings (SSSR count). The number of piperidine rings is 1. The van der Waals surface area contributed by atoms with Crippen molar-refractivity contribution < 1.29 is 4.74 Å². The molecule has 122 valence electrons. The van der Waals surface area contributed by atoms with Gasteiger partial charge in [0.05, 0.1) is 12.3 Å². The first-order valence-corrected chi connectivity index (χ1v) is 8.65. The summed E-state index contributed by atoms with van der Waals surface area (Å²) in [5.74, 6) is 0.840. The summed E-state index contributed by atoms with van der Waals surface area (Å²) in [5, 5.41) is 7.38. The average molecular weight is 321 g/mol. The van der Waals surface area contributed by atoms with Gasteiger partial charge < -0.3 is 20.3 Å². The maximum atomic E-state index is 5.61. The molecular weight excluding hydrogens is 294 g/mol. The topological polar surface area (TPSA) is 36.5 Å². The molecule has 4 nitrogen and oxygen atoms in total. The second kappa shape index (κ2) is 8.96. The number of anilines is 1. The molecule has 0 saturated carbocycles. The van der Waals surface area contributed by atoms with Crippen LogP contribution in [0.1, 0.15) is 33.1 Å². The van der Waals surface area contributed by atoms with Gasteiger partial charge in [-0.2, -0.15) is 0 Å². The number of para-hydroxylation sites is 2. The molecule has 0 aliphatic carbocycles. The van der Waals surface area contributed by atoms with Crippen LogP contribution in [0.4, 0.5) is 5.69 Å². The minimum atomic E-state index is 0.465.